The van der Waals surface area contributed by atoms with Gasteiger partial charge in [0.15, 0.2) is 0 Å². The van der Waals surface area contributed by atoms with Crippen molar-refractivity contribution in [3.63, 3.8) is 0 Å². The highest BCUT2D eigenvalue weighted by Gasteiger charge is 2.07. The zero-order chi connectivity index (χ0) is 22.2. The first-order chi connectivity index (χ1) is 15.7. The summed E-state index contributed by atoms with van der Waals surface area (Å²) in [5.74, 6) is 6.05. The molecule has 0 unspecified atom stereocenters. The molecule has 0 saturated heterocycles. The molecule has 4 rings (SSSR count). The van der Waals surface area contributed by atoms with Crippen LogP contribution in [0.4, 0.5) is 4.39 Å². The fourth-order valence-electron chi connectivity index (χ4n) is 3.05. The summed E-state index contributed by atoms with van der Waals surface area (Å²) in [5.41, 5.74) is 5.15. The van der Waals surface area contributed by atoms with Gasteiger partial charge in [0.05, 0.1) is 12.9 Å². The zero-order valence-corrected chi connectivity index (χ0v) is 17.7. The van der Waals surface area contributed by atoms with Gasteiger partial charge in [0, 0.05) is 34.6 Å². The van der Waals surface area contributed by atoms with Crippen molar-refractivity contribution in [2.75, 3.05) is 0 Å². The Kier molecular flexibility index (Phi) is 6.74. The van der Waals surface area contributed by atoms with Crippen molar-refractivity contribution in [3.05, 3.63) is 125 Å². The zero-order valence-electron chi connectivity index (χ0n) is 17.7. The number of nitrogens with zero attached hydrogens (tertiary/aromatic N) is 3. The van der Waals surface area contributed by atoms with E-state index in [1.165, 1.54) is 11.6 Å². The largest absolute Gasteiger partial charge is 0.391 e. The lowest BCUT2D eigenvalue weighted by Crippen LogP contribution is -2.11. The molecule has 0 aliphatic rings. The van der Waals surface area contributed by atoms with Crippen molar-refractivity contribution in [3.8, 4) is 11.8 Å². The van der Waals surface area contributed by atoms with E-state index in [1.807, 2.05) is 59.3 Å². The third-order valence-electron chi connectivity index (χ3n) is 4.87. The quantitative estimate of drug-likeness (QED) is 0.238. The summed E-state index contributed by atoms with van der Waals surface area (Å²) in [6.45, 7) is 2.59. The minimum Gasteiger partial charge on any atom is -0.391 e. The number of halogens is 1. The number of aromatic nitrogens is 2. The summed E-state index contributed by atoms with van der Waals surface area (Å²) in [7, 11) is 0. The smallest absolute Gasteiger partial charge is 0.145 e. The molecule has 0 saturated carbocycles. The Morgan fingerprint density at radius 2 is 1.66 bits per heavy atom. The molecule has 0 N–H and O–H groups in total. The van der Waals surface area contributed by atoms with Crippen LogP contribution in [-0.2, 0) is 18.0 Å². The first-order valence-electron chi connectivity index (χ1n) is 10.2. The summed E-state index contributed by atoms with van der Waals surface area (Å²) < 4.78 is 15.7. The maximum atomic E-state index is 13.8. The molecule has 0 fully saturated rings. The average Bonchev–Trinajstić information content (AvgIpc) is 3.33. The molecule has 1 aromatic heterocycles. The van der Waals surface area contributed by atoms with Crippen LogP contribution in [0.5, 0.6) is 0 Å². The Balaban J connectivity index is 1.51. The number of benzene rings is 3. The summed E-state index contributed by atoms with van der Waals surface area (Å²) in [5, 5.41) is 4.30. The minimum absolute atomic E-state index is 0.0558. The van der Waals surface area contributed by atoms with Gasteiger partial charge in [-0.15, -0.1) is 0 Å². The summed E-state index contributed by atoms with van der Waals surface area (Å²) >= 11 is 0. The molecule has 158 valence electrons. The van der Waals surface area contributed by atoms with Crippen LogP contribution in [-0.4, -0.2) is 15.3 Å². The Hall–Kier alpha value is -4.17. The fourth-order valence-corrected chi connectivity index (χ4v) is 3.05. The Morgan fingerprint density at radius 3 is 2.31 bits per heavy atom. The van der Waals surface area contributed by atoms with Gasteiger partial charge < -0.3 is 9.40 Å². The fraction of sp³-hybridized carbons (Fsp3) is 0.111. The summed E-state index contributed by atoms with van der Waals surface area (Å²) in [6.07, 6.45) is 5.28. The number of hydrogen-bond acceptors (Lipinski definition) is 3. The third-order valence-corrected chi connectivity index (χ3v) is 4.87. The van der Waals surface area contributed by atoms with Crippen molar-refractivity contribution in [2.45, 2.75) is 20.1 Å². The third kappa shape index (κ3) is 5.71. The lowest BCUT2D eigenvalue weighted by atomic mass is 10.1. The van der Waals surface area contributed by atoms with Gasteiger partial charge in [-0.25, -0.2) is 9.37 Å². The van der Waals surface area contributed by atoms with Crippen molar-refractivity contribution in [1.29, 1.82) is 0 Å². The van der Waals surface area contributed by atoms with Crippen LogP contribution in [0.3, 0.4) is 0 Å². The minimum atomic E-state index is -0.310. The number of hydrogen-bond donors (Lipinski definition) is 0. The molecular weight excluding hydrogens is 401 g/mol. The number of rotatable bonds is 6. The predicted octanol–water partition coefficient (Wildman–Crippen LogP) is 5.35. The highest BCUT2D eigenvalue weighted by Crippen LogP contribution is 2.11. The molecule has 32 heavy (non-hydrogen) atoms. The van der Waals surface area contributed by atoms with Crippen LogP contribution in [0, 0.1) is 24.6 Å². The van der Waals surface area contributed by atoms with Crippen LogP contribution in [0.1, 0.15) is 27.8 Å². The second-order valence-electron chi connectivity index (χ2n) is 7.33. The van der Waals surface area contributed by atoms with E-state index in [-0.39, 0.29) is 12.4 Å². The SMILES string of the molecule is Cc1ccc(C#Cc2ccc(/C(Cn3ccnc3)=N/OCc3ccccc3F)cc2)cc1. The lowest BCUT2D eigenvalue weighted by Gasteiger charge is -2.09. The topological polar surface area (TPSA) is 39.4 Å². The normalized spacial score (nSPS) is 11.0. The van der Waals surface area contributed by atoms with Crippen LogP contribution in [0.2, 0.25) is 0 Å². The number of oxime groups is 1. The Morgan fingerprint density at radius 1 is 0.969 bits per heavy atom. The molecule has 5 heteroatoms. The van der Waals surface area contributed by atoms with Crippen molar-refractivity contribution >= 4 is 5.71 Å². The molecule has 0 radical (unpaired) electrons. The molecule has 0 bridgehead atoms. The van der Waals surface area contributed by atoms with E-state index in [2.05, 4.69) is 28.9 Å². The first kappa shape index (κ1) is 21.1. The monoisotopic (exact) mass is 423 g/mol. The number of imidazole rings is 1. The van der Waals surface area contributed by atoms with Crippen LogP contribution >= 0.6 is 0 Å². The standard InChI is InChI=1S/C27H22FN3O/c1-21-6-8-22(9-7-21)10-11-23-12-14-24(15-13-23)27(18-31-17-16-29-20-31)30-32-19-25-4-2-3-5-26(25)28/h2-9,12-17,20H,18-19H2,1H3/b30-27+. The van der Waals surface area contributed by atoms with Crippen molar-refractivity contribution in [1.82, 2.24) is 9.55 Å². The maximum Gasteiger partial charge on any atom is 0.145 e. The Bertz CT molecular complexity index is 1250. The lowest BCUT2D eigenvalue weighted by molar-refractivity contribution is 0.127. The van der Waals surface area contributed by atoms with E-state index in [0.717, 1.165) is 16.7 Å². The molecule has 0 aliphatic carbocycles. The molecule has 0 aliphatic heterocycles. The van der Waals surface area contributed by atoms with E-state index >= 15 is 0 Å². The molecule has 1 heterocycles. The van der Waals surface area contributed by atoms with Gasteiger partial charge in [-0.1, -0.05) is 65.0 Å². The highest BCUT2D eigenvalue weighted by molar-refractivity contribution is 6.00. The van der Waals surface area contributed by atoms with E-state index in [9.17, 15) is 4.39 Å². The molecular formula is C27H22FN3O. The van der Waals surface area contributed by atoms with E-state index in [4.69, 9.17) is 4.84 Å². The second-order valence-corrected chi connectivity index (χ2v) is 7.33. The van der Waals surface area contributed by atoms with Gasteiger partial charge in [-0.05, 0) is 37.3 Å². The van der Waals surface area contributed by atoms with Gasteiger partial charge in [0.25, 0.3) is 0 Å². The summed E-state index contributed by atoms with van der Waals surface area (Å²) in [4.78, 5) is 9.58. The molecule has 4 nitrogen and oxygen atoms in total. The Labute approximate surface area is 187 Å². The molecule has 3 aromatic carbocycles. The molecule has 0 atom stereocenters. The molecule has 0 amide bonds. The number of aryl methyl sites for hydroxylation is 1. The average molecular weight is 423 g/mol. The summed E-state index contributed by atoms with van der Waals surface area (Å²) in [6, 6.07) is 22.5. The molecule has 0 spiro atoms. The molecule has 4 aromatic rings. The van der Waals surface area contributed by atoms with Crippen molar-refractivity contribution < 1.29 is 9.23 Å². The van der Waals surface area contributed by atoms with E-state index < -0.39 is 0 Å². The van der Waals surface area contributed by atoms with Gasteiger partial charge in [-0.2, -0.15) is 0 Å². The van der Waals surface area contributed by atoms with E-state index in [1.54, 1.807) is 30.7 Å². The van der Waals surface area contributed by atoms with Crippen LogP contribution < -0.4 is 0 Å². The van der Waals surface area contributed by atoms with Crippen LogP contribution in [0.15, 0.2) is 96.7 Å². The predicted molar refractivity (Wildman–Crippen MR) is 124 cm³/mol. The van der Waals surface area contributed by atoms with Gasteiger partial charge >= 0.3 is 0 Å². The van der Waals surface area contributed by atoms with Gasteiger partial charge in [-0.3, -0.25) is 0 Å². The second kappa shape index (κ2) is 10.2. The first-order valence-corrected chi connectivity index (χ1v) is 10.2. The van der Waals surface area contributed by atoms with E-state index in [0.29, 0.717) is 17.8 Å². The van der Waals surface area contributed by atoms with Gasteiger partial charge in [0.2, 0.25) is 0 Å². The van der Waals surface area contributed by atoms with Crippen LogP contribution in [0.25, 0.3) is 0 Å². The van der Waals surface area contributed by atoms with Gasteiger partial charge in [0.1, 0.15) is 18.1 Å². The maximum absolute atomic E-state index is 13.8. The van der Waals surface area contributed by atoms with Crippen molar-refractivity contribution in [2.24, 2.45) is 5.16 Å². The highest BCUT2D eigenvalue weighted by atomic mass is 19.1.